The van der Waals surface area contributed by atoms with Crippen LogP contribution in [0.15, 0.2) is 0 Å². The number of aryl methyl sites for hydroxylation is 1. The zero-order chi connectivity index (χ0) is 17.3. The summed E-state index contributed by atoms with van der Waals surface area (Å²) in [7, 11) is 0. The summed E-state index contributed by atoms with van der Waals surface area (Å²) in [6.45, 7) is 10.6. The molecule has 1 atom stereocenters. The van der Waals surface area contributed by atoms with Gasteiger partial charge in [-0.05, 0) is 39.5 Å². The average molecular weight is 321 g/mol. The number of amides is 1. The molecule has 1 fully saturated rings. The normalized spacial score (nSPS) is 15.7. The molecule has 6 nitrogen and oxygen atoms in total. The van der Waals surface area contributed by atoms with Crippen molar-refractivity contribution in [2.24, 2.45) is 5.92 Å². The van der Waals surface area contributed by atoms with Crippen molar-refractivity contribution in [3.05, 3.63) is 17.0 Å². The largest absolute Gasteiger partial charge is 0.480 e. The molecule has 2 rings (SSSR count). The summed E-state index contributed by atoms with van der Waals surface area (Å²) in [5, 5.41) is 13.8. The molecule has 0 spiro atoms. The molecule has 0 bridgehead atoms. The highest BCUT2D eigenvalue weighted by molar-refractivity contribution is 5.85. The van der Waals surface area contributed by atoms with Gasteiger partial charge in [-0.1, -0.05) is 13.8 Å². The first-order valence-electron chi connectivity index (χ1n) is 8.29. The van der Waals surface area contributed by atoms with E-state index in [1.165, 1.54) is 0 Å². The van der Waals surface area contributed by atoms with Gasteiger partial charge in [-0.3, -0.25) is 9.48 Å². The molecule has 1 N–H and O–H groups in total. The van der Waals surface area contributed by atoms with Gasteiger partial charge >= 0.3 is 5.97 Å². The Kier molecular flexibility index (Phi) is 5.12. The van der Waals surface area contributed by atoms with Crippen molar-refractivity contribution in [2.75, 3.05) is 0 Å². The lowest BCUT2D eigenvalue weighted by molar-refractivity contribution is -0.149. The summed E-state index contributed by atoms with van der Waals surface area (Å²) in [5.41, 5.74) is 2.79. The summed E-state index contributed by atoms with van der Waals surface area (Å²) in [4.78, 5) is 25.5. The number of rotatable bonds is 7. The topological polar surface area (TPSA) is 75.4 Å². The van der Waals surface area contributed by atoms with Crippen LogP contribution in [0.1, 0.15) is 50.6 Å². The van der Waals surface area contributed by atoms with Gasteiger partial charge in [0.05, 0.1) is 12.1 Å². The third-order valence-corrected chi connectivity index (χ3v) is 4.40. The second kappa shape index (κ2) is 6.72. The fourth-order valence-corrected chi connectivity index (χ4v) is 2.96. The molecule has 0 radical (unpaired) electrons. The SMILES string of the molecule is Cc1nn(CC(C)C)c(C)c1CC(=O)N(C1CC1)C(C)C(=O)O. The molecule has 1 unspecified atom stereocenters. The molecule has 0 aliphatic heterocycles. The molecule has 1 amide bonds. The number of hydrogen-bond donors (Lipinski definition) is 1. The average Bonchev–Trinajstić information content (AvgIpc) is 3.23. The maximum Gasteiger partial charge on any atom is 0.326 e. The monoisotopic (exact) mass is 321 g/mol. The molecule has 1 aromatic rings. The van der Waals surface area contributed by atoms with Crippen LogP contribution < -0.4 is 0 Å². The fourth-order valence-electron chi connectivity index (χ4n) is 2.96. The molecule has 128 valence electrons. The highest BCUT2D eigenvalue weighted by Crippen LogP contribution is 2.30. The van der Waals surface area contributed by atoms with E-state index in [4.69, 9.17) is 0 Å². The van der Waals surface area contributed by atoms with Crippen LogP contribution in [-0.2, 0) is 22.6 Å². The fraction of sp³-hybridized carbons (Fsp3) is 0.706. The van der Waals surface area contributed by atoms with Gasteiger partial charge in [0, 0.05) is 23.8 Å². The van der Waals surface area contributed by atoms with E-state index in [0.29, 0.717) is 5.92 Å². The molecular formula is C17H27N3O3. The lowest BCUT2D eigenvalue weighted by atomic mass is 10.1. The van der Waals surface area contributed by atoms with E-state index in [0.717, 1.165) is 36.3 Å². The number of aromatic nitrogens is 2. The lowest BCUT2D eigenvalue weighted by Crippen LogP contribution is -2.45. The van der Waals surface area contributed by atoms with Crippen molar-refractivity contribution in [2.45, 2.75) is 72.5 Å². The van der Waals surface area contributed by atoms with Crippen LogP contribution in [0.3, 0.4) is 0 Å². The molecule has 1 aromatic heterocycles. The van der Waals surface area contributed by atoms with Crippen LogP contribution in [0.4, 0.5) is 0 Å². The highest BCUT2D eigenvalue weighted by Gasteiger charge is 2.38. The quantitative estimate of drug-likeness (QED) is 0.835. The second-order valence-electron chi connectivity index (χ2n) is 6.95. The van der Waals surface area contributed by atoms with E-state index in [9.17, 15) is 14.7 Å². The third kappa shape index (κ3) is 3.92. The standard InChI is InChI=1S/C17H27N3O3/c1-10(2)9-19-12(4)15(11(3)18-19)8-16(21)20(14-6-7-14)13(5)17(22)23/h10,13-14H,6-9H2,1-5H3,(H,22,23). The number of aliphatic carboxylic acids is 1. The minimum Gasteiger partial charge on any atom is -0.480 e. The number of carboxylic acids is 1. The van der Waals surface area contributed by atoms with Gasteiger partial charge in [0.25, 0.3) is 0 Å². The molecule has 0 saturated heterocycles. The Labute approximate surface area is 137 Å². The second-order valence-corrected chi connectivity index (χ2v) is 6.95. The summed E-state index contributed by atoms with van der Waals surface area (Å²) in [5.74, 6) is -0.585. The van der Waals surface area contributed by atoms with Crippen molar-refractivity contribution < 1.29 is 14.7 Å². The number of carbonyl (C=O) groups is 2. The maximum absolute atomic E-state index is 12.7. The molecule has 1 saturated carbocycles. The first-order valence-corrected chi connectivity index (χ1v) is 8.29. The van der Waals surface area contributed by atoms with Crippen LogP contribution in [0.2, 0.25) is 0 Å². The Morgan fingerprint density at radius 1 is 1.30 bits per heavy atom. The number of carbonyl (C=O) groups excluding carboxylic acids is 1. The van der Waals surface area contributed by atoms with E-state index in [1.807, 2.05) is 18.5 Å². The van der Waals surface area contributed by atoms with Gasteiger partial charge < -0.3 is 10.0 Å². The van der Waals surface area contributed by atoms with Crippen LogP contribution in [0, 0.1) is 19.8 Å². The minimum absolute atomic E-state index is 0.0833. The minimum atomic E-state index is -0.950. The smallest absolute Gasteiger partial charge is 0.326 e. The third-order valence-electron chi connectivity index (χ3n) is 4.40. The summed E-state index contributed by atoms with van der Waals surface area (Å²) < 4.78 is 1.95. The zero-order valence-corrected chi connectivity index (χ0v) is 14.7. The first kappa shape index (κ1) is 17.5. The van der Waals surface area contributed by atoms with Gasteiger partial charge in [-0.2, -0.15) is 5.10 Å². The Hall–Kier alpha value is -1.85. The van der Waals surface area contributed by atoms with Crippen LogP contribution in [0.25, 0.3) is 0 Å². The summed E-state index contributed by atoms with van der Waals surface area (Å²) in [6.07, 6.45) is 2.02. The number of carboxylic acid groups (broad SMARTS) is 1. The first-order chi connectivity index (χ1) is 10.7. The molecule has 0 aromatic carbocycles. The van der Waals surface area contributed by atoms with Crippen molar-refractivity contribution in [1.29, 1.82) is 0 Å². The van der Waals surface area contributed by atoms with Crippen molar-refractivity contribution in [3.63, 3.8) is 0 Å². The van der Waals surface area contributed by atoms with Crippen molar-refractivity contribution in [1.82, 2.24) is 14.7 Å². The number of hydrogen-bond acceptors (Lipinski definition) is 3. The zero-order valence-electron chi connectivity index (χ0n) is 14.7. The molecule has 1 heterocycles. The van der Waals surface area contributed by atoms with Crippen LogP contribution in [0.5, 0.6) is 0 Å². The Balaban J connectivity index is 2.18. The van der Waals surface area contributed by atoms with E-state index >= 15 is 0 Å². The van der Waals surface area contributed by atoms with E-state index in [-0.39, 0.29) is 18.4 Å². The van der Waals surface area contributed by atoms with Crippen LogP contribution >= 0.6 is 0 Å². The molecule has 6 heteroatoms. The van der Waals surface area contributed by atoms with E-state index in [2.05, 4.69) is 18.9 Å². The molecular weight excluding hydrogens is 294 g/mol. The van der Waals surface area contributed by atoms with Crippen molar-refractivity contribution >= 4 is 11.9 Å². The van der Waals surface area contributed by atoms with E-state index < -0.39 is 12.0 Å². The Morgan fingerprint density at radius 3 is 2.39 bits per heavy atom. The lowest BCUT2D eigenvalue weighted by Gasteiger charge is -2.26. The van der Waals surface area contributed by atoms with E-state index in [1.54, 1.807) is 11.8 Å². The van der Waals surface area contributed by atoms with Crippen molar-refractivity contribution in [3.8, 4) is 0 Å². The number of nitrogens with zero attached hydrogens (tertiary/aromatic N) is 3. The van der Waals surface area contributed by atoms with Gasteiger partial charge in [-0.25, -0.2) is 4.79 Å². The van der Waals surface area contributed by atoms with Gasteiger partial charge in [0.2, 0.25) is 5.91 Å². The molecule has 23 heavy (non-hydrogen) atoms. The predicted molar refractivity (Wildman–Crippen MR) is 87.2 cm³/mol. The van der Waals surface area contributed by atoms with Crippen LogP contribution in [-0.4, -0.2) is 43.7 Å². The van der Waals surface area contributed by atoms with Gasteiger partial charge in [0.15, 0.2) is 0 Å². The molecule has 1 aliphatic rings. The Bertz CT molecular complexity index is 602. The molecule has 1 aliphatic carbocycles. The summed E-state index contributed by atoms with van der Waals surface area (Å²) >= 11 is 0. The van der Waals surface area contributed by atoms with Gasteiger partial charge in [0.1, 0.15) is 6.04 Å². The highest BCUT2D eigenvalue weighted by atomic mass is 16.4. The maximum atomic E-state index is 12.7. The van der Waals surface area contributed by atoms with Gasteiger partial charge in [-0.15, -0.1) is 0 Å². The predicted octanol–water partition coefficient (Wildman–Crippen LogP) is 2.16. The summed E-state index contributed by atoms with van der Waals surface area (Å²) in [6, 6.07) is -0.693. The Morgan fingerprint density at radius 2 is 1.91 bits per heavy atom.